The van der Waals surface area contributed by atoms with Gasteiger partial charge in [0.1, 0.15) is 6.04 Å². The third-order valence-electron chi connectivity index (χ3n) is 3.16. The van der Waals surface area contributed by atoms with Crippen LogP contribution in [0.4, 0.5) is 0 Å². The Labute approximate surface area is 120 Å². The molecule has 2 unspecified atom stereocenters. The van der Waals surface area contributed by atoms with Crippen LogP contribution in [0.1, 0.15) is 45.2 Å². The quantitative estimate of drug-likeness (QED) is 0.798. The van der Waals surface area contributed by atoms with Gasteiger partial charge in [0.05, 0.1) is 0 Å². The van der Waals surface area contributed by atoms with Gasteiger partial charge in [0.15, 0.2) is 0 Å². The average molecular weight is 284 g/mol. The van der Waals surface area contributed by atoms with Crippen LogP contribution in [0.3, 0.4) is 0 Å². The molecule has 2 atom stereocenters. The number of nitrogens with one attached hydrogen (secondary N) is 1. The standard InChI is InChI=1S/C15H22ClNO2/c1-4-5-13(11-6-8-12(16)9-7-11)17-14(10(2)3)15(18)19/h6-10,13-14,17H,4-5H2,1-3H3,(H,18,19). The maximum Gasteiger partial charge on any atom is 0.320 e. The van der Waals surface area contributed by atoms with E-state index in [9.17, 15) is 9.90 Å². The Bertz CT molecular complexity index is 403. The molecule has 0 aromatic heterocycles. The molecule has 0 bridgehead atoms. The number of carboxylic acids is 1. The molecular weight excluding hydrogens is 262 g/mol. The fraction of sp³-hybridized carbons (Fsp3) is 0.533. The number of halogens is 1. The van der Waals surface area contributed by atoms with Crippen LogP contribution >= 0.6 is 11.6 Å². The summed E-state index contributed by atoms with van der Waals surface area (Å²) in [5.41, 5.74) is 1.08. The van der Waals surface area contributed by atoms with Crippen molar-refractivity contribution >= 4 is 17.6 Å². The molecule has 0 fully saturated rings. The normalized spacial score (nSPS) is 14.4. The Morgan fingerprint density at radius 3 is 2.32 bits per heavy atom. The molecule has 0 aliphatic heterocycles. The second kappa shape index (κ2) is 7.51. The van der Waals surface area contributed by atoms with Gasteiger partial charge in [0, 0.05) is 11.1 Å². The first kappa shape index (κ1) is 16.0. The summed E-state index contributed by atoms with van der Waals surface area (Å²) in [4.78, 5) is 11.3. The molecule has 0 radical (unpaired) electrons. The van der Waals surface area contributed by atoms with Crippen molar-refractivity contribution in [3.63, 3.8) is 0 Å². The van der Waals surface area contributed by atoms with E-state index in [2.05, 4.69) is 12.2 Å². The second-order valence-electron chi connectivity index (χ2n) is 5.12. The van der Waals surface area contributed by atoms with E-state index >= 15 is 0 Å². The highest BCUT2D eigenvalue weighted by Gasteiger charge is 2.24. The lowest BCUT2D eigenvalue weighted by atomic mass is 9.98. The van der Waals surface area contributed by atoms with Crippen LogP contribution in [-0.2, 0) is 4.79 Å². The van der Waals surface area contributed by atoms with Gasteiger partial charge in [-0.25, -0.2) is 0 Å². The summed E-state index contributed by atoms with van der Waals surface area (Å²) in [5.74, 6) is -0.755. The summed E-state index contributed by atoms with van der Waals surface area (Å²) >= 11 is 5.89. The van der Waals surface area contributed by atoms with Gasteiger partial charge in [0.25, 0.3) is 0 Å². The minimum Gasteiger partial charge on any atom is -0.480 e. The van der Waals surface area contributed by atoms with Crippen molar-refractivity contribution in [1.82, 2.24) is 5.32 Å². The lowest BCUT2D eigenvalue weighted by Gasteiger charge is -2.25. The van der Waals surface area contributed by atoms with Crippen molar-refractivity contribution in [2.75, 3.05) is 0 Å². The van der Waals surface area contributed by atoms with Crippen LogP contribution in [0.2, 0.25) is 5.02 Å². The van der Waals surface area contributed by atoms with E-state index in [1.807, 2.05) is 38.1 Å². The first-order valence-electron chi connectivity index (χ1n) is 6.70. The van der Waals surface area contributed by atoms with Crippen molar-refractivity contribution in [2.24, 2.45) is 5.92 Å². The van der Waals surface area contributed by atoms with Crippen molar-refractivity contribution in [2.45, 2.75) is 45.7 Å². The lowest BCUT2D eigenvalue weighted by molar-refractivity contribution is -0.140. The Kier molecular flexibility index (Phi) is 6.32. The molecule has 0 aliphatic rings. The predicted octanol–water partition coefficient (Wildman–Crippen LogP) is 3.88. The molecule has 0 saturated carbocycles. The van der Waals surface area contributed by atoms with Gasteiger partial charge in [-0.15, -0.1) is 0 Å². The molecule has 4 heteroatoms. The van der Waals surface area contributed by atoms with Crippen molar-refractivity contribution in [1.29, 1.82) is 0 Å². The monoisotopic (exact) mass is 283 g/mol. The number of carboxylic acid groups (broad SMARTS) is 1. The Hall–Kier alpha value is -1.06. The minimum absolute atomic E-state index is 0.0455. The highest BCUT2D eigenvalue weighted by molar-refractivity contribution is 6.30. The molecule has 0 spiro atoms. The second-order valence-corrected chi connectivity index (χ2v) is 5.56. The molecule has 3 nitrogen and oxygen atoms in total. The number of hydrogen-bond donors (Lipinski definition) is 2. The number of aliphatic carboxylic acids is 1. The maximum atomic E-state index is 11.3. The van der Waals surface area contributed by atoms with Crippen LogP contribution in [0.5, 0.6) is 0 Å². The van der Waals surface area contributed by atoms with Crippen molar-refractivity contribution < 1.29 is 9.90 Å². The zero-order chi connectivity index (χ0) is 14.4. The maximum absolute atomic E-state index is 11.3. The van der Waals surface area contributed by atoms with Gasteiger partial charge in [-0.1, -0.05) is 50.9 Å². The summed E-state index contributed by atoms with van der Waals surface area (Å²) in [7, 11) is 0. The summed E-state index contributed by atoms with van der Waals surface area (Å²) in [6, 6.07) is 7.10. The predicted molar refractivity (Wildman–Crippen MR) is 78.5 cm³/mol. The molecule has 1 aromatic carbocycles. The SMILES string of the molecule is CCCC(NC(C(=O)O)C(C)C)c1ccc(Cl)cc1. The molecule has 0 saturated heterocycles. The molecule has 0 amide bonds. The zero-order valence-electron chi connectivity index (χ0n) is 11.7. The first-order valence-corrected chi connectivity index (χ1v) is 7.07. The number of rotatable bonds is 7. The highest BCUT2D eigenvalue weighted by Crippen LogP contribution is 2.22. The van der Waals surface area contributed by atoms with Crippen LogP contribution in [0, 0.1) is 5.92 Å². The molecule has 0 heterocycles. The molecule has 1 aromatic rings. The van der Waals surface area contributed by atoms with Crippen LogP contribution < -0.4 is 5.32 Å². The van der Waals surface area contributed by atoms with E-state index in [1.54, 1.807) is 0 Å². The summed E-state index contributed by atoms with van der Waals surface area (Å²) < 4.78 is 0. The zero-order valence-corrected chi connectivity index (χ0v) is 12.4. The molecular formula is C15H22ClNO2. The average Bonchev–Trinajstić information content (AvgIpc) is 2.34. The van der Waals surface area contributed by atoms with Crippen LogP contribution in [0.25, 0.3) is 0 Å². The van der Waals surface area contributed by atoms with Crippen molar-refractivity contribution in [3.05, 3.63) is 34.9 Å². The topological polar surface area (TPSA) is 49.3 Å². The third-order valence-corrected chi connectivity index (χ3v) is 3.42. The molecule has 1 rings (SSSR count). The van der Waals surface area contributed by atoms with Gasteiger partial charge < -0.3 is 5.11 Å². The fourth-order valence-electron chi connectivity index (χ4n) is 2.10. The molecule has 19 heavy (non-hydrogen) atoms. The van der Waals surface area contributed by atoms with Gasteiger partial charge in [0.2, 0.25) is 0 Å². The molecule has 106 valence electrons. The minimum atomic E-state index is -0.801. The van der Waals surface area contributed by atoms with E-state index in [1.165, 1.54) is 0 Å². The van der Waals surface area contributed by atoms with E-state index < -0.39 is 12.0 Å². The van der Waals surface area contributed by atoms with E-state index in [0.29, 0.717) is 5.02 Å². The number of benzene rings is 1. The largest absolute Gasteiger partial charge is 0.480 e. The third kappa shape index (κ3) is 4.84. The molecule has 0 aliphatic carbocycles. The summed E-state index contributed by atoms with van der Waals surface area (Å²) in [6.07, 6.45) is 1.89. The van der Waals surface area contributed by atoms with Gasteiger partial charge in [-0.05, 0) is 30.0 Å². The lowest BCUT2D eigenvalue weighted by Crippen LogP contribution is -2.42. The van der Waals surface area contributed by atoms with Crippen LogP contribution in [-0.4, -0.2) is 17.1 Å². The smallest absolute Gasteiger partial charge is 0.320 e. The number of carbonyl (C=O) groups is 1. The summed E-state index contributed by atoms with van der Waals surface area (Å²) in [5, 5.41) is 13.2. The van der Waals surface area contributed by atoms with Crippen molar-refractivity contribution in [3.8, 4) is 0 Å². The Balaban J connectivity index is 2.88. The molecule has 2 N–H and O–H groups in total. The van der Waals surface area contributed by atoms with Gasteiger partial charge >= 0.3 is 5.97 Å². The highest BCUT2D eigenvalue weighted by atomic mass is 35.5. The van der Waals surface area contributed by atoms with Gasteiger partial charge in [-0.3, -0.25) is 10.1 Å². The summed E-state index contributed by atoms with van der Waals surface area (Å²) in [6.45, 7) is 5.92. The van der Waals surface area contributed by atoms with E-state index in [4.69, 9.17) is 11.6 Å². The fourth-order valence-corrected chi connectivity index (χ4v) is 2.22. The Morgan fingerprint density at radius 1 is 1.32 bits per heavy atom. The Morgan fingerprint density at radius 2 is 1.89 bits per heavy atom. The number of hydrogen-bond acceptors (Lipinski definition) is 2. The van der Waals surface area contributed by atoms with Crippen LogP contribution in [0.15, 0.2) is 24.3 Å². The first-order chi connectivity index (χ1) is 8.95. The van der Waals surface area contributed by atoms with E-state index in [-0.39, 0.29) is 12.0 Å². The van der Waals surface area contributed by atoms with E-state index in [0.717, 1.165) is 18.4 Å². The van der Waals surface area contributed by atoms with Gasteiger partial charge in [-0.2, -0.15) is 0 Å².